The Balaban J connectivity index is 0.00000225. The van der Waals surface area contributed by atoms with Crippen molar-refractivity contribution in [1.82, 2.24) is 39.9 Å². The second-order valence-electron chi connectivity index (χ2n) is 6.97. The Hall–Kier alpha value is -2.59. The molecule has 150 valence electrons. The van der Waals surface area contributed by atoms with Crippen LogP contribution in [0, 0.1) is 6.92 Å². The number of hydrogen-bond acceptors (Lipinski definition) is 7. The highest BCUT2D eigenvalue weighted by molar-refractivity contribution is 5.85. The molecule has 0 aliphatic heterocycles. The van der Waals surface area contributed by atoms with Gasteiger partial charge in [0.25, 0.3) is 0 Å². The molecule has 0 atom stereocenters. The van der Waals surface area contributed by atoms with Crippen molar-refractivity contribution in [3.8, 4) is 5.82 Å². The molecule has 3 aromatic heterocycles. The monoisotopic (exact) mass is 405 g/mol. The number of halogens is 1. The van der Waals surface area contributed by atoms with Gasteiger partial charge in [0.15, 0.2) is 23.1 Å². The van der Waals surface area contributed by atoms with E-state index in [1.165, 1.54) is 0 Å². The summed E-state index contributed by atoms with van der Waals surface area (Å²) in [6.45, 7) is 1.85. The fourth-order valence-corrected chi connectivity index (χ4v) is 3.49. The van der Waals surface area contributed by atoms with Crippen molar-refractivity contribution in [3.63, 3.8) is 0 Å². The van der Waals surface area contributed by atoms with Crippen LogP contribution in [0.5, 0.6) is 0 Å². The number of hydrogen-bond donors (Lipinski definition) is 2. The summed E-state index contributed by atoms with van der Waals surface area (Å²) in [5.41, 5.74) is 6.73. The minimum atomic E-state index is -0.123. The van der Waals surface area contributed by atoms with Gasteiger partial charge in [-0.05, 0) is 44.7 Å². The quantitative estimate of drug-likeness (QED) is 0.653. The topological polar surface area (TPSA) is 129 Å². The van der Waals surface area contributed by atoms with Gasteiger partial charge < -0.3 is 11.1 Å². The highest BCUT2D eigenvalue weighted by atomic mass is 35.5. The summed E-state index contributed by atoms with van der Waals surface area (Å²) in [6.07, 6.45) is 3.95. The molecule has 4 rings (SSSR count). The van der Waals surface area contributed by atoms with Crippen LogP contribution in [0.3, 0.4) is 0 Å². The summed E-state index contributed by atoms with van der Waals surface area (Å²) in [6, 6.07) is 3.94. The molecule has 0 bridgehead atoms. The average Bonchev–Trinajstić information content (AvgIpc) is 3.26. The first-order valence-electron chi connectivity index (χ1n) is 9.16. The van der Waals surface area contributed by atoms with Crippen molar-refractivity contribution in [2.75, 3.05) is 7.05 Å². The minimum Gasteiger partial charge on any atom is -0.359 e. The molecule has 0 radical (unpaired) electrons. The van der Waals surface area contributed by atoms with E-state index in [9.17, 15) is 4.79 Å². The lowest BCUT2D eigenvalue weighted by atomic mass is 9.86. The number of likely N-dealkylation sites (N-methyl/N-ethyl adjacent to an activating group) is 1. The van der Waals surface area contributed by atoms with Gasteiger partial charge in [0.05, 0.1) is 6.42 Å². The number of nitrogens with two attached hydrogens (primary N) is 1. The minimum absolute atomic E-state index is 0. The van der Waals surface area contributed by atoms with Crippen LogP contribution in [0.2, 0.25) is 0 Å². The van der Waals surface area contributed by atoms with Crippen molar-refractivity contribution in [2.24, 2.45) is 5.73 Å². The summed E-state index contributed by atoms with van der Waals surface area (Å²) < 4.78 is 3.43. The van der Waals surface area contributed by atoms with Crippen LogP contribution in [0.25, 0.3) is 11.5 Å². The number of rotatable bonds is 4. The van der Waals surface area contributed by atoms with Gasteiger partial charge in [0.1, 0.15) is 5.82 Å². The predicted molar refractivity (Wildman–Crippen MR) is 105 cm³/mol. The largest absolute Gasteiger partial charge is 0.359 e. The lowest BCUT2D eigenvalue weighted by molar-refractivity contribution is -0.120. The van der Waals surface area contributed by atoms with Crippen LogP contribution in [0.1, 0.15) is 49.1 Å². The maximum absolute atomic E-state index is 11.8. The smallest absolute Gasteiger partial charge is 0.227 e. The van der Waals surface area contributed by atoms with Crippen LogP contribution in [0.4, 0.5) is 0 Å². The summed E-state index contributed by atoms with van der Waals surface area (Å²) >= 11 is 0. The predicted octanol–water partition coefficient (Wildman–Crippen LogP) is 0.709. The number of nitrogens with one attached hydrogen (secondary N) is 1. The van der Waals surface area contributed by atoms with Gasteiger partial charge in [0, 0.05) is 19.0 Å². The van der Waals surface area contributed by atoms with Gasteiger partial charge in [0.2, 0.25) is 5.91 Å². The van der Waals surface area contributed by atoms with E-state index in [1.807, 2.05) is 19.1 Å². The molecular formula is C17H24ClN9O. The second kappa shape index (κ2) is 8.19. The lowest BCUT2D eigenvalue weighted by Crippen LogP contribution is -2.27. The second-order valence-corrected chi connectivity index (χ2v) is 6.97. The maximum Gasteiger partial charge on any atom is 0.227 e. The van der Waals surface area contributed by atoms with Crippen LogP contribution >= 0.6 is 12.4 Å². The zero-order valence-corrected chi connectivity index (χ0v) is 16.7. The molecular weight excluding hydrogens is 382 g/mol. The van der Waals surface area contributed by atoms with E-state index in [0.29, 0.717) is 23.1 Å². The molecule has 1 aliphatic rings. The highest BCUT2D eigenvalue weighted by Crippen LogP contribution is 2.32. The van der Waals surface area contributed by atoms with Crippen molar-refractivity contribution in [3.05, 3.63) is 29.6 Å². The molecule has 1 amide bonds. The van der Waals surface area contributed by atoms with Crippen molar-refractivity contribution in [2.45, 2.75) is 51.0 Å². The zero-order valence-electron chi connectivity index (χ0n) is 15.9. The third-order valence-electron chi connectivity index (χ3n) is 5.03. The third-order valence-corrected chi connectivity index (χ3v) is 5.03. The summed E-state index contributed by atoms with van der Waals surface area (Å²) in [5.74, 6) is 2.77. The first-order valence-corrected chi connectivity index (χ1v) is 9.16. The first kappa shape index (κ1) is 20.2. The average molecular weight is 406 g/mol. The molecule has 0 saturated heterocycles. The standard InChI is InChI=1S/C17H23N9O.ClH/c1-10-21-22-14-7-8-15(24-25(10)14)26-17(11-3-5-12(18)6-4-11)20-13(23-26)9-16(27)19-2;/h7-8,11-12H,3-6,9,18H2,1-2H3,(H,19,27);1H. The van der Waals surface area contributed by atoms with Crippen molar-refractivity contribution < 1.29 is 4.79 Å². The van der Waals surface area contributed by atoms with E-state index in [0.717, 1.165) is 31.5 Å². The van der Waals surface area contributed by atoms with E-state index < -0.39 is 0 Å². The van der Waals surface area contributed by atoms with E-state index in [-0.39, 0.29) is 36.7 Å². The Bertz CT molecular complexity index is 974. The molecule has 1 saturated carbocycles. The normalized spacial score (nSPS) is 19.4. The van der Waals surface area contributed by atoms with Crippen molar-refractivity contribution in [1.29, 1.82) is 0 Å². The third kappa shape index (κ3) is 3.83. The van der Waals surface area contributed by atoms with Gasteiger partial charge >= 0.3 is 0 Å². The molecule has 0 aromatic carbocycles. The van der Waals surface area contributed by atoms with Gasteiger partial charge in [-0.2, -0.15) is 9.20 Å². The molecule has 1 fully saturated rings. The molecule has 0 unspecified atom stereocenters. The Morgan fingerprint density at radius 2 is 1.96 bits per heavy atom. The molecule has 1 aliphatic carbocycles. The Labute approximate surface area is 168 Å². The van der Waals surface area contributed by atoms with Crippen molar-refractivity contribution >= 4 is 24.0 Å². The number of fused-ring (bicyclic) bond motifs is 1. The molecule has 11 heteroatoms. The van der Waals surface area contributed by atoms with E-state index in [4.69, 9.17) is 5.73 Å². The van der Waals surface area contributed by atoms with Crippen LogP contribution in [-0.2, 0) is 11.2 Å². The van der Waals surface area contributed by atoms with Gasteiger partial charge in [-0.3, -0.25) is 4.79 Å². The number of aromatic nitrogens is 7. The van der Waals surface area contributed by atoms with Crippen LogP contribution in [0.15, 0.2) is 12.1 Å². The summed E-state index contributed by atoms with van der Waals surface area (Å²) in [5, 5.41) is 19.9. The van der Waals surface area contributed by atoms with E-state index >= 15 is 0 Å². The number of aryl methyl sites for hydroxylation is 1. The molecule has 0 spiro atoms. The SMILES string of the molecule is CNC(=O)Cc1nc(C2CCC(N)CC2)n(-c2ccc3nnc(C)n3n2)n1.Cl. The number of carbonyl (C=O) groups is 1. The summed E-state index contributed by atoms with van der Waals surface area (Å²) in [7, 11) is 1.60. The number of nitrogens with zero attached hydrogens (tertiary/aromatic N) is 7. The van der Waals surface area contributed by atoms with E-state index in [1.54, 1.807) is 16.2 Å². The molecule has 10 nitrogen and oxygen atoms in total. The molecule has 3 heterocycles. The Morgan fingerprint density at radius 1 is 1.21 bits per heavy atom. The lowest BCUT2D eigenvalue weighted by Gasteiger charge is -2.25. The van der Waals surface area contributed by atoms with E-state index in [2.05, 4.69) is 30.7 Å². The Kier molecular flexibility index (Phi) is 5.90. The van der Waals surface area contributed by atoms with Crippen LogP contribution in [-0.4, -0.2) is 53.6 Å². The zero-order chi connectivity index (χ0) is 19.0. The molecule has 3 N–H and O–H groups in total. The number of amides is 1. The van der Waals surface area contributed by atoms with Gasteiger partial charge in [-0.15, -0.1) is 32.8 Å². The highest BCUT2D eigenvalue weighted by Gasteiger charge is 2.27. The fourth-order valence-electron chi connectivity index (χ4n) is 3.49. The molecule has 3 aromatic rings. The number of carbonyl (C=O) groups excluding carboxylic acids is 1. The van der Waals surface area contributed by atoms with Crippen LogP contribution < -0.4 is 11.1 Å². The fraction of sp³-hybridized carbons (Fsp3) is 0.529. The van der Waals surface area contributed by atoms with Gasteiger partial charge in [-0.1, -0.05) is 0 Å². The Morgan fingerprint density at radius 3 is 2.68 bits per heavy atom. The molecule has 28 heavy (non-hydrogen) atoms. The maximum atomic E-state index is 11.8. The first-order chi connectivity index (χ1) is 13.0. The summed E-state index contributed by atoms with van der Waals surface area (Å²) in [4.78, 5) is 16.5. The van der Waals surface area contributed by atoms with Gasteiger partial charge in [-0.25, -0.2) is 4.98 Å².